The van der Waals surface area contributed by atoms with Crippen molar-refractivity contribution in [1.82, 2.24) is 9.97 Å². The van der Waals surface area contributed by atoms with Crippen LogP contribution in [-0.4, -0.2) is 39.3 Å². The van der Waals surface area contributed by atoms with Crippen LogP contribution in [0.3, 0.4) is 0 Å². The van der Waals surface area contributed by atoms with Crippen molar-refractivity contribution >= 4 is 33.1 Å². The Labute approximate surface area is 236 Å². The van der Waals surface area contributed by atoms with Crippen molar-refractivity contribution in [3.63, 3.8) is 0 Å². The molecule has 2 heterocycles. The smallest absolute Gasteiger partial charge is 0.300 e. The summed E-state index contributed by atoms with van der Waals surface area (Å²) in [7, 11) is -4.02. The summed E-state index contributed by atoms with van der Waals surface area (Å²) in [5.41, 5.74) is 0.555. The van der Waals surface area contributed by atoms with Gasteiger partial charge < -0.3 is 5.11 Å². The summed E-state index contributed by atoms with van der Waals surface area (Å²) < 4.78 is 27.7. The molecule has 13 nitrogen and oxygen atoms in total. The number of anilines is 1. The van der Waals surface area contributed by atoms with Crippen LogP contribution in [0.2, 0.25) is 0 Å². The molecule has 2 aromatic heterocycles. The van der Waals surface area contributed by atoms with E-state index in [1.54, 1.807) is 30.6 Å². The molecule has 0 aliphatic carbocycles. The zero-order valence-electron chi connectivity index (χ0n) is 20.1. The fraction of sp³-hybridized carbons (Fsp3) is 0.0417. The number of benzene rings is 2. The SMILES string of the molecule is CC(=O)O.O=[N+]([O-])c1ccc(S(=O)(=O)Nc2ccccc2-c2ccc([N+](=O)[O-])cn2)cc1.[Pd].c1ccncc1. The Morgan fingerprint density at radius 2 is 1.38 bits per heavy atom. The molecule has 0 atom stereocenters. The van der Waals surface area contributed by atoms with Crippen LogP contribution in [0.25, 0.3) is 11.3 Å². The normalized spacial score (nSPS) is 9.77. The van der Waals surface area contributed by atoms with E-state index in [0.29, 0.717) is 11.3 Å². The summed E-state index contributed by atoms with van der Waals surface area (Å²) in [4.78, 5) is 36.9. The molecule has 2 N–H and O–H groups in total. The molecule has 0 aliphatic rings. The number of nitro groups is 2. The number of pyridine rings is 2. The average Bonchev–Trinajstić information content (AvgIpc) is 2.90. The summed E-state index contributed by atoms with van der Waals surface area (Å²) in [5, 5.41) is 28.9. The number of carboxylic acid groups (broad SMARTS) is 1. The average molecular weight is 646 g/mol. The van der Waals surface area contributed by atoms with Crippen molar-refractivity contribution in [3.8, 4) is 11.3 Å². The predicted molar refractivity (Wildman–Crippen MR) is 138 cm³/mol. The predicted octanol–water partition coefficient (Wildman–Crippen LogP) is 4.54. The van der Waals surface area contributed by atoms with E-state index in [4.69, 9.17) is 9.90 Å². The Bertz CT molecular complexity index is 1460. The van der Waals surface area contributed by atoms with Gasteiger partial charge in [-0.2, -0.15) is 0 Å². The number of aliphatic carboxylic acids is 1. The van der Waals surface area contributed by atoms with Crippen molar-refractivity contribution in [2.75, 3.05) is 4.72 Å². The fourth-order valence-electron chi connectivity index (χ4n) is 2.71. The number of para-hydroxylation sites is 1. The van der Waals surface area contributed by atoms with Crippen molar-refractivity contribution in [2.24, 2.45) is 0 Å². The number of non-ortho nitro benzene ring substituents is 1. The van der Waals surface area contributed by atoms with Gasteiger partial charge in [-0.3, -0.25) is 34.7 Å². The molecule has 15 heteroatoms. The fourth-order valence-corrected chi connectivity index (χ4v) is 3.79. The largest absolute Gasteiger partial charge is 0.481 e. The molecule has 206 valence electrons. The van der Waals surface area contributed by atoms with Gasteiger partial charge >= 0.3 is 0 Å². The van der Waals surface area contributed by atoms with Crippen molar-refractivity contribution < 1.29 is 48.6 Å². The van der Waals surface area contributed by atoms with Crippen LogP contribution >= 0.6 is 0 Å². The first-order chi connectivity index (χ1) is 18.0. The minimum atomic E-state index is -4.02. The number of rotatable bonds is 6. The summed E-state index contributed by atoms with van der Waals surface area (Å²) >= 11 is 0. The molecule has 0 saturated carbocycles. The van der Waals surface area contributed by atoms with Crippen molar-refractivity contribution in [3.05, 3.63) is 118 Å². The number of sulfonamides is 1. The van der Waals surface area contributed by atoms with Gasteiger partial charge in [0.15, 0.2) is 0 Å². The van der Waals surface area contributed by atoms with Crippen LogP contribution in [0.5, 0.6) is 0 Å². The molecule has 4 rings (SSSR count). The van der Waals surface area contributed by atoms with Gasteiger partial charge in [0.25, 0.3) is 27.4 Å². The molecule has 0 saturated heterocycles. The molecule has 0 spiro atoms. The first kappa shape index (κ1) is 32.5. The summed E-state index contributed by atoms with van der Waals surface area (Å²) in [6.45, 7) is 1.08. The molecule has 0 amide bonds. The van der Waals surface area contributed by atoms with E-state index in [1.807, 2.05) is 18.2 Å². The van der Waals surface area contributed by atoms with Gasteiger partial charge in [0, 0.05) is 63.5 Å². The van der Waals surface area contributed by atoms with E-state index in [1.165, 1.54) is 18.2 Å². The van der Waals surface area contributed by atoms with E-state index in [9.17, 15) is 28.6 Å². The van der Waals surface area contributed by atoms with Gasteiger partial charge in [0.2, 0.25) is 0 Å². The zero-order chi connectivity index (χ0) is 28.1. The Morgan fingerprint density at radius 3 is 1.82 bits per heavy atom. The molecule has 0 aliphatic heterocycles. The maximum absolute atomic E-state index is 12.6. The first-order valence-corrected chi connectivity index (χ1v) is 12.0. The third kappa shape index (κ3) is 10.7. The number of nitro benzene ring substituents is 1. The number of aromatic nitrogens is 2. The molecule has 4 aromatic rings. The van der Waals surface area contributed by atoms with Gasteiger partial charge in [-0.25, -0.2) is 13.4 Å². The van der Waals surface area contributed by atoms with E-state index < -0.39 is 25.8 Å². The second-order valence-corrected chi connectivity index (χ2v) is 8.79. The molecule has 0 fully saturated rings. The zero-order valence-corrected chi connectivity index (χ0v) is 22.4. The Morgan fingerprint density at radius 1 is 0.846 bits per heavy atom. The monoisotopic (exact) mass is 645 g/mol. The van der Waals surface area contributed by atoms with Crippen LogP contribution in [0.1, 0.15) is 6.92 Å². The number of carbonyl (C=O) groups is 1. The van der Waals surface area contributed by atoms with E-state index >= 15 is 0 Å². The standard InChI is InChI=1S/C17H12N4O6S.C5H5N.C2H4O2.Pd/c22-20(23)12-5-8-14(9-6-12)28(26,27)19-17-4-2-1-3-15(17)16-10-7-13(11-18-16)21(24)25;1-2-4-6-5-3-1;1-2(3)4;/h1-11,19H;1-5H;1H3,(H,3,4);. The van der Waals surface area contributed by atoms with E-state index in [2.05, 4.69) is 14.7 Å². The summed E-state index contributed by atoms with van der Waals surface area (Å²) in [6, 6.07) is 19.3. The number of hydrogen-bond acceptors (Lipinski definition) is 9. The Hall–Kier alpha value is -4.58. The number of hydrogen-bond donors (Lipinski definition) is 2. The number of carboxylic acids is 1. The van der Waals surface area contributed by atoms with Crippen LogP contribution in [0.15, 0.2) is 102 Å². The maximum Gasteiger partial charge on any atom is 0.300 e. The van der Waals surface area contributed by atoms with Gasteiger partial charge in [0.1, 0.15) is 6.20 Å². The van der Waals surface area contributed by atoms with Crippen molar-refractivity contribution in [2.45, 2.75) is 11.8 Å². The van der Waals surface area contributed by atoms with Gasteiger partial charge in [-0.05, 0) is 36.4 Å². The molecular weight excluding hydrogens is 625 g/mol. The van der Waals surface area contributed by atoms with Crippen LogP contribution in [0.4, 0.5) is 17.1 Å². The second-order valence-electron chi connectivity index (χ2n) is 7.10. The molecule has 0 unspecified atom stereocenters. The topological polar surface area (TPSA) is 196 Å². The van der Waals surface area contributed by atoms with Crippen molar-refractivity contribution in [1.29, 1.82) is 0 Å². The quantitative estimate of drug-likeness (QED) is 0.171. The first-order valence-electron chi connectivity index (χ1n) is 10.5. The Balaban J connectivity index is 0.000000584. The Kier molecular flexibility index (Phi) is 13.0. The van der Waals surface area contributed by atoms with Crippen LogP contribution in [-0.2, 0) is 35.2 Å². The second kappa shape index (κ2) is 15.6. The van der Waals surface area contributed by atoms with Gasteiger partial charge in [-0.1, -0.05) is 24.3 Å². The minimum absolute atomic E-state index is 0. The molecular formula is C24H21N5O8PdS. The van der Waals surface area contributed by atoms with E-state index in [0.717, 1.165) is 37.4 Å². The number of nitrogens with zero attached hydrogens (tertiary/aromatic N) is 4. The maximum atomic E-state index is 12.6. The van der Waals surface area contributed by atoms with Crippen LogP contribution < -0.4 is 4.72 Å². The summed E-state index contributed by atoms with van der Waals surface area (Å²) in [6.07, 6.45) is 4.58. The third-order valence-electron chi connectivity index (χ3n) is 4.33. The number of nitrogens with one attached hydrogen (secondary N) is 1. The van der Waals surface area contributed by atoms with E-state index in [-0.39, 0.29) is 42.4 Å². The third-order valence-corrected chi connectivity index (χ3v) is 5.71. The molecule has 0 bridgehead atoms. The summed E-state index contributed by atoms with van der Waals surface area (Å²) in [5.74, 6) is -0.833. The minimum Gasteiger partial charge on any atom is -0.481 e. The van der Waals surface area contributed by atoms with Gasteiger partial charge in [0.05, 0.1) is 26.1 Å². The molecule has 2 aromatic carbocycles. The van der Waals surface area contributed by atoms with Crippen LogP contribution in [0, 0.1) is 20.2 Å². The van der Waals surface area contributed by atoms with Gasteiger partial charge in [-0.15, -0.1) is 0 Å². The molecule has 39 heavy (non-hydrogen) atoms. The molecule has 0 radical (unpaired) electrons.